The fourth-order valence-corrected chi connectivity index (χ4v) is 2.49. The van der Waals surface area contributed by atoms with E-state index in [4.69, 9.17) is 5.73 Å². The number of nitrogens with zero attached hydrogens (tertiary/aromatic N) is 5. The van der Waals surface area contributed by atoms with Crippen molar-refractivity contribution >= 4 is 23.2 Å². The summed E-state index contributed by atoms with van der Waals surface area (Å²) in [6, 6.07) is 11.4. The Morgan fingerprint density at radius 2 is 2.04 bits per heavy atom. The van der Waals surface area contributed by atoms with E-state index in [0.29, 0.717) is 18.6 Å². The molecule has 0 atom stereocenters. The van der Waals surface area contributed by atoms with E-state index < -0.39 is 0 Å². The first kappa shape index (κ1) is 15.0. The van der Waals surface area contributed by atoms with Gasteiger partial charge in [-0.1, -0.05) is 19.1 Å². The summed E-state index contributed by atoms with van der Waals surface area (Å²) in [4.78, 5) is 13.8. The maximum atomic E-state index is 12.0. The van der Waals surface area contributed by atoms with Gasteiger partial charge in [0.05, 0.1) is 5.69 Å². The number of hydrogen-bond donors (Lipinski definition) is 1. The number of rotatable bonds is 4. The highest BCUT2D eigenvalue weighted by molar-refractivity contribution is 5.93. The van der Waals surface area contributed by atoms with Gasteiger partial charge in [-0.3, -0.25) is 4.79 Å². The van der Waals surface area contributed by atoms with Crippen molar-refractivity contribution in [2.45, 2.75) is 20.3 Å². The molecule has 0 bridgehead atoms. The van der Waals surface area contributed by atoms with Crippen LogP contribution in [0.3, 0.4) is 0 Å². The van der Waals surface area contributed by atoms with Gasteiger partial charge in [0.1, 0.15) is 0 Å². The molecule has 1 amide bonds. The zero-order valence-corrected chi connectivity index (χ0v) is 13.1. The van der Waals surface area contributed by atoms with E-state index >= 15 is 0 Å². The Morgan fingerprint density at radius 1 is 1.22 bits per heavy atom. The van der Waals surface area contributed by atoms with E-state index in [1.165, 1.54) is 4.52 Å². The van der Waals surface area contributed by atoms with Gasteiger partial charge in [0, 0.05) is 24.2 Å². The van der Waals surface area contributed by atoms with Gasteiger partial charge in [0.25, 0.3) is 0 Å². The molecule has 0 saturated heterocycles. The van der Waals surface area contributed by atoms with Crippen molar-refractivity contribution in [2.24, 2.45) is 0 Å². The van der Waals surface area contributed by atoms with Gasteiger partial charge in [0.2, 0.25) is 11.9 Å². The van der Waals surface area contributed by atoms with E-state index in [2.05, 4.69) is 15.3 Å². The Hall–Kier alpha value is -2.96. The summed E-state index contributed by atoms with van der Waals surface area (Å²) < 4.78 is 1.50. The molecule has 2 N–H and O–H groups in total. The average molecular weight is 310 g/mol. The maximum absolute atomic E-state index is 12.0. The quantitative estimate of drug-likeness (QED) is 0.797. The highest BCUT2D eigenvalue weighted by Gasteiger charge is 2.13. The minimum Gasteiger partial charge on any atom is -0.366 e. The monoisotopic (exact) mass is 310 g/mol. The number of nitrogen functional groups attached to an aromatic ring is 1. The fraction of sp³-hybridized carbons (Fsp3) is 0.250. The van der Waals surface area contributed by atoms with Crippen LogP contribution < -0.4 is 10.6 Å². The minimum atomic E-state index is 0.0936. The predicted molar refractivity (Wildman–Crippen MR) is 88.9 cm³/mol. The Morgan fingerprint density at radius 3 is 2.78 bits per heavy atom. The van der Waals surface area contributed by atoms with Crippen LogP contribution in [0.25, 0.3) is 16.9 Å². The third-order valence-corrected chi connectivity index (χ3v) is 3.66. The molecule has 1 aromatic carbocycles. The molecule has 3 rings (SSSR count). The molecule has 23 heavy (non-hydrogen) atoms. The molecule has 0 spiro atoms. The zero-order valence-electron chi connectivity index (χ0n) is 13.1. The van der Waals surface area contributed by atoms with Crippen molar-refractivity contribution in [3.63, 3.8) is 0 Å². The fourth-order valence-electron chi connectivity index (χ4n) is 2.49. The molecule has 0 aliphatic rings. The lowest BCUT2D eigenvalue weighted by Gasteiger charge is -2.21. The molecular weight excluding hydrogens is 292 g/mol. The summed E-state index contributed by atoms with van der Waals surface area (Å²) in [5.74, 6) is 0.338. The maximum Gasteiger partial charge on any atom is 0.243 e. The molecule has 0 aliphatic heterocycles. The van der Waals surface area contributed by atoms with Gasteiger partial charge in [-0.05, 0) is 31.2 Å². The molecule has 0 saturated carbocycles. The largest absolute Gasteiger partial charge is 0.366 e. The predicted octanol–water partition coefficient (Wildman–Crippen LogP) is 2.14. The molecule has 7 nitrogen and oxygen atoms in total. The average Bonchev–Trinajstić information content (AvgIpc) is 2.96. The van der Waals surface area contributed by atoms with Crippen LogP contribution in [-0.2, 0) is 4.79 Å². The summed E-state index contributed by atoms with van der Waals surface area (Å²) in [6.45, 7) is 4.45. The molecule has 2 aromatic heterocycles. The standard InChI is InChI=1S/C16H18N6O/c1-3-15(23)21(4-2)12-7-5-6-11(10-12)13-8-9-14-18-19-16(17)22(14)20-13/h5-10H,3-4H2,1-2H3,(H2,17,19). The van der Waals surface area contributed by atoms with Gasteiger partial charge < -0.3 is 10.6 Å². The van der Waals surface area contributed by atoms with Crippen LogP contribution in [0.1, 0.15) is 20.3 Å². The van der Waals surface area contributed by atoms with Crippen molar-refractivity contribution in [3.05, 3.63) is 36.4 Å². The summed E-state index contributed by atoms with van der Waals surface area (Å²) >= 11 is 0. The van der Waals surface area contributed by atoms with E-state index in [1.807, 2.05) is 50.2 Å². The normalized spacial score (nSPS) is 10.9. The van der Waals surface area contributed by atoms with Crippen LogP contribution in [0, 0.1) is 0 Å². The number of aromatic nitrogens is 4. The molecule has 0 aliphatic carbocycles. The number of carbonyl (C=O) groups excluding carboxylic acids is 1. The van der Waals surface area contributed by atoms with Crippen molar-refractivity contribution in [3.8, 4) is 11.3 Å². The van der Waals surface area contributed by atoms with Crippen molar-refractivity contribution in [1.82, 2.24) is 19.8 Å². The number of carbonyl (C=O) groups is 1. The smallest absolute Gasteiger partial charge is 0.243 e. The van der Waals surface area contributed by atoms with E-state index in [0.717, 1.165) is 16.9 Å². The number of anilines is 2. The lowest BCUT2D eigenvalue weighted by atomic mass is 10.1. The van der Waals surface area contributed by atoms with Crippen molar-refractivity contribution < 1.29 is 4.79 Å². The van der Waals surface area contributed by atoms with Crippen LogP contribution in [0.15, 0.2) is 36.4 Å². The SMILES string of the molecule is CCC(=O)N(CC)c1cccc(-c2ccc3nnc(N)n3n2)c1. The second-order valence-corrected chi connectivity index (χ2v) is 5.09. The molecule has 118 valence electrons. The second kappa shape index (κ2) is 6.04. The third-order valence-electron chi connectivity index (χ3n) is 3.66. The highest BCUT2D eigenvalue weighted by atomic mass is 16.2. The third kappa shape index (κ3) is 2.73. The molecule has 0 fully saturated rings. The summed E-state index contributed by atoms with van der Waals surface area (Å²) in [5.41, 5.74) is 8.85. The first-order chi connectivity index (χ1) is 11.1. The Labute approximate surface area is 133 Å². The lowest BCUT2D eigenvalue weighted by Crippen LogP contribution is -2.29. The Bertz CT molecular complexity index is 857. The zero-order chi connectivity index (χ0) is 16.4. The van der Waals surface area contributed by atoms with E-state index in [9.17, 15) is 4.79 Å². The van der Waals surface area contributed by atoms with Crippen LogP contribution in [-0.4, -0.2) is 32.3 Å². The Balaban J connectivity index is 2.03. The van der Waals surface area contributed by atoms with E-state index in [-0.39, 0.29) is 11.9 Å². The first-order valence-electron chi connectivity index (χ1n) is 7.52. The van der Waals surface area contributed by atoms with Crippen molar-refractivity contribution in [2.75, 3.05) is 17.2 Å². The number of hydrogen-bond acceptors (Lipinski definition) is 5. The lowest BCUT2D eigenvalue weighted by molar-refractivity contribution is -0.118. The van der Waals surface area contributed by atoms with Gasteiger partial charge >= 0.3 is 0 Å². The highest BCUT2D eigenvalue weighted by Crippen LogP contribution is 2.24. The number of fused-ring (bicyclic) bond motifs is 1. The summed E-state index contributed by atoms with van der Waals surface area (Å²) in [6.07, 6.45) is 0.472. The molecule has 0 radical (unpaired) electrons. The molecule has 3 aromatic rings. The molecular formula is C16H18N6O. The van der Waals surface area contributed by atoms with Crippen LogP contribution >= 0.6 is 0 Å². The molecule has 2 heterocycles. The van der Waals surface area contributed by atoms with Crippen LogP contribution in [0.4, 0.5) is 11.6 Å². The van der Waals surface area contributed by atoms with E-state index in [1.54, 1.807) is 4.90 Å². The summed E-state index contributed by atoms with van der Waals surface area (Å²) in [5, 5.41) is 12.2. The molecule has 7 heteroatoms. The van der Waals surface area contributed by atoms with Crippen LogP contribution in [0.2, 0.25) is 0 Å². The second-order valence-electron chi connectivity index (χ2n) is 5.09. The molecule has 0 unspecified atom stereocenters. The van der Waals surface area contributed by atoms with Crippen molar-refractivity contribution in [1.29, 1.82) is 0 Å². The topological polar surface area (TPSA) is 89.4 Å². The van der Waals surface area contributed by atoms with Gasteiger partial charge in [-0.25, -0.2) is 0 Å². The van der Waals surface area contributed by atoms with Gasteiger partial charge in [-0.2, -0.15) is 9.61 Å². The van der Waals surface area contributed by atoms with Gasteiger partial charge in [0.15, 0.2) is 5.65 Å². The number of benzene rings is 1. The van der Waals surface area contributed by atoms with Gasteiger partial charge in [-0.15, -0.1) is 10.2 Å². The number of nitrogens with two attached hydrogens (primary N) is 1. The minimum absolute atomic E-state index is 0.0936. The Kier molecular flexibility index (Phi) is 3.92. The number of amides is 1. The first-order valence-corrected chi connectivity index (χ1v) is 7.52. The summed E-state index contributed by atoms with van der Waals surface area (Å²) in [7, 11) is 0. The van der Waals surface area contributed by atoms with Crippen LogP contribution in [0.5, 0.6) is 0 Å².